The van der Waals surface area contributed by atoms with Crippen molar-refractivity contribution in [2.75, 3.05) is 0 Å². The van der Waals surface area contributed by atoms with Gasteiger partial charge < -0.3 is 0 Å². The standard InChI is InChI=1S/C12H12ClN7/c1-2-4-9-14-6-8-19(9)11-16-10(13)17-12(18-11)20-7-3-5-15-20/h3,5-8H,2,4H2,1H3. The van der Waals surface area contributed by atoms with Crippen LogP contribution in [0.15, 0.2) is 30.9 Å². The third-order valence-corrected chi connectivity index (χ3v) is 2.87. The number of hydrogen-bond donors (Lipinski definition) is 0. The molecule has 0 aliphatic heterocycles. The van der Waals surface area contributed by atoms with Gasteiger partial charge in [-0.15, -0.1) is 0 Å². The molecule has 0 spiro atoms. The Balaban J connectivity index is 2.08. The Kier molecular flexibility index (Phi) is 3.42. The molecule has 0 amide bonds. The van der Waals surface area contributed by atoms with Gasteiger partial charge in [-0.05, 0) is 24.1 Å². The van der Waals surface area contributed by atoms with Gasteiger partial charge in [0.25, 0.3) is 5.95 Å². The molecule has 0 atom stereocenters. The van der Waals surface area contributed by atoms with Crippen molar-refractivity contribution in [2.45, 2.75) is 19.8 Å². The second-order valence-electron chi connectivity index (χ2n) is 4.12. The lowest BCUT2D eigenvalue weighted by Crippen LogP contribution is -2.10. The van der Waals surface area contributed by atoms with E-state index < -0.39 is 0 Å². The predicted octanol–water partition coefficient (Wildman–Crippen LogP) is 1.85. The van der Waals surface area contributed by atoms with Crippen LogP contribution in [0, 0.1) is 0 Å². The van der Waals surface area contributed by atoms with Crippen LogP contribution in [0.2, 0.25) is 5.28 Å². The molecule has 0 unspecified atom stereocenters. The van der Waals surface area contributed by atoms with E-state index in [0.29, 0.717) is 11.9 Å². The summed E-state index contributed by atoms with van der Waals surface area (Å²) in [5.74, 6) is 1.71. The van der Waals surface area contributed by atoms with Crippen LogP contribution in [0.1, 0.15) is 19.2 Å². The highest BCUT2D eigenvalue weighted by Crippen LogP contribution is 2.12. The van der Waals surface area contributed by atoms with Crippen molar-refractivity contribution >= 4 is 11.6 Å². The summed E-state index contributed by atoms with van der Waals surface area (Å²) in [6.07, 6.45) is 8.75. The molecule has 7 nitrogen and oxygen atoms in total. The van der Waals surface area contributed by atoms with Crippen molar-refractivity contribution in [1.82, 2.24) is 34.3 Å². The maximum Gasteiger partial charge on any atom is 0.256 e. The van der Waals surface area contributed by atoms with E-state index in [9.17, 15) is 0 Å². The van der Waals surface area contributed by atoms with E-state index >= 15 is 0 Å². The van der Waals surface area contributed by atoms with Gasteiger partial charge in [0.1, 0.15) is 5.82 Å². The fraction of sp³-hybridized carbons (Fsp3) is 0.250. The van der Waals surface area contributed by atoms with E-state index in [0.717, 1.165) is 18.7 Å². The highest BCUT2D eigenvalue weighted by molar-refractivity contribution is 6.28. The molecule has 3 heterocycles. The number of aryl methyl sites for hydroxylation is 1. The van der Waals surface area contributed by atoms with E-state index in [4.69, 9.17) is 11.6 Å². The number of aromatic nitrogens is 7. The molecule has 102 valence electrons. The summed E-state index contributed by atoms with van der Waals surface area (Å²) < 4.78 is 3.34. The van der Waals surface area contributed by atoms with Gasteiger partial charge in [-0.3, -0.25) is 4.57 Å². The molecular weight excluding hydrogens is 278 g/mol. The first-order valence-electron chi connectivity index (χ1n) is 6.22. The Morgan fingerprint density at radius 1 is 1.10 bits per heavy atom. The smallest absolute Gasteiger partial charge is 0.256 e. The zero-order valence-electron chi connectivity index (χ0n) is 10.8. The number of imidazole rings is 1. The summed E-state index contributed by atoms with van der Waals surface area (Å²) in [5.41, 5.74) is 0. The minimum Gasteiger partial charge on any atom is -0.272 e. The second kappa shape index (κ2) is 5.38. The summed E-state index contributed by atoms with van der Waals surface area (Å²) in [5, 5.41) is 4.21. The van der Waals surface area contributed by atoms with E-state index in [2.05, 4.69) is 32.0 Å². The van der Waals surface area contributed by atoms with Gasteiger partial charge >= 0.3 is 0 Å². The average molecular weight is 290 g/mol. The van der Waals surface area contributed by atoms with Crippen LogP contribution in [0.4, 0.5) is 0 Å². The lowest BCUT2D eigenvalue weighted by Gasteiger charge is -2.07. The lowest BCUT2D eigenvalue weighted by molar-refractivity contribution is 0.745. The van der Waals surface area contributed by atoms with Crippen LogP contribution in [0.25, 0.3) is 11.9 Å². The van der Waals surface area contributed by atoms with Gasteiger partial charge in [-0.25, -0.2) is 9.67 Å². The first kappa shape index (κ1) is 12.7. The van der Waals surface area contributed by atoms with Crippen molar-refractivity contribution < 1.29 is 0 Å². The van der Waals surface area contributed by atoms with Crippen LogP contribution >= 0.6 is 11.6 Å². The SMILES string of the molecule is CCCc1nccn1-c1nc(Cl)nc(-n2cccn2)n1. The van der Waals surface area contributed by atoms with Gasteiger partial charge in [0.2, 0.25) is 11.2 Å². The quantitative estimate of drug-likeness (QED) is 0.733. The highest BCUT2D eigenvalue weighted by atomic mass is 35.5. The van der Waals surface area contributed by atoms with Crippen LogP contribution in [-0.4, -0.2) is 34.3 Å². The second-order valence-corrected chi connectivity index (χ2v) is 4.46. The minimum atomic E-state index is 0.122. The molecule has 0 saturated heterocycles. The Hall–Kier alpha value is -2.28. The fourth-order valence-corrected chi connectivity index (χ4v) is 2.00. The maximum absolute atomic E-state index is 5.98. The average Bonchev–Trinajstić information content (AvgIpc) is 3.09. The molecule has 0 fully saturated rings. The third kappa shape index (κ3) is 2.39. The lowest BCUT2D eigenvalue weighted by atomic mass is 10.3. The minimum absolute atomic E-state index is 0.122. The predicted molar refractivity (Wildman–Crippen MR) is 73.1 cm³/mol. The largest absolute Gasteiger partial charge is 0.272 e. The molecular formula is C12H12ClN7. The molecule has 3 rings (SSSR count). The van der Waals surface area contributed by atoms with Gasteiger partial charge in [0, 0.05) is 31.2 Å². The molecule has 0 N–H and O–H groups in total. The first-order chi connectivity index (χ1) is 9.78. The number of hydrogen-bond acceptors (Lipinski definition) is 5. The van der Waals surface area contributed by atoms with Gasteiger partial charge in [-0.1, -0.05) is 6.92 Å². The fourth-order valence-electron chi connectivity index (χ4n) is 1.85. The molecule has 0 bridgehead atoms. The van der Waals surface area contributed by atoms with Crippen molar-refractivity contribution in [3.8, 4) is 11.9 Å². The summed E-state index contributed by atoms with van der Waals surface area (Å²) >= 11 is 5.98. The van der Waals surface area contributed by atoms with Gasteiger partial charge in [0.15, 0.2) is 0 Å². The molecule has 0 radical (unpaired) electrons. The van der Waals surface area contributed by atoms with Crippen LogP contribution < -0.4 is 0 Å². The number of halogens is 1. The zero-order chi connectivity index (χ0) is 13.9. The van der Waals surface area contributed by atoms with E-state index in [1.807, 2.05) is 10.8 Å². The third-order valence-electron chi connectivity index (χ3n) is 2.70. The zero-order valence-corrected chi connectivity index (χ0v) is 11.6. The Morgan fingerprint density at radius 2 is 1.95 bits per heavy atom. The van der Waals surface area contributed by atoms with E-state index in [-0.39, 0.29) is 5.28 Å². The number of rotatable bonds is 4. The molecule has 0 aliphatic carbocycles. The first-order valence-corrected chi connectivity index (χ1v) is 6.60. The Morgan fingerprint density at radius 3 is 2.70 bits per heavy atom. The normalized spacial score (nSPS) is 10.9. The highest BCUT2D eigenvalue weighted by Gasteiger charge is 2.11. The molecule has 0 aromatic carbocycles. The summed E-state index contributed by atoms with van der Waals surface area (Å²) in [7, 11) is 0. The molecule has 0 saturated carbocycles. The van der Waals surface area contributed by atoms with Crippen LogP contribution in [-0.2, 0) is 6.42 Å². The summed E-state index contributed by atoms with van der Waals surface area (Å²) in [6, 6.07) is 1.79. The molecule has 3 aromatic heterocycles. The van der Waals surface area contributed by atoms with Crippen molar-refractivity contribution in [3.05, 3.63) is 42.0 Å². The molecule has 0 aliphatic rings. The van der Waals surface area contributed by atoms with Crippen molar-refractivity contribution in [1.29, 1.82) is 0 Å². The monoisotopic (exact) mass is 289 g/mol. The Labute approximate surface area is 120 Å². The molecule has 20 heavy (non-hydrogen) atoms. The van der Waals surface area contributed by atoms with E-state index in [1.165, 1.54) is 4.68 Å². The van der Waals surface area contributed by atoms with Gasteiger partial charge in [-0.2, -0.15) is 20.1 Å². The van der Waals surface area contributed by atoms with Crippen molar-refractivity contribution in [3.63, 3.8) is 0 Å². The van der Waals surface area contributed by atoms with Crippen LogP contribution in [0.3, 0.4) is 0 Å². The van der Waals surface area contributed by atoms with Crippen LogP contribution in [0.5, 0.6) is 0 Å². The molecule has 3 aromatic rings. The maximum atomic E-state index is 5.98. The topological polar surface area (TPSA) is 74.3 Å². The summed E-state index contributed by atoms with van der Waals surface area (Å²) in [6.45, 7) is 2.09. The Bertz CT molecular complexity index is 704. The summed E-state index contributed by atoms with van der Waals surface area (Å²) in [4.78, 5) is 16.9. The number of nitrogens with zero attached hydrogens (tertiary/aromatic N) is 7. The molecule has 8 heteroatoms. The van der Waals surface area contributed by atoms with E-state index in [1.54, 1.807) is 24.7 Å². The van der Waals surface area contributed by atoms with Gasteiger partial charge in [0.05, 0.1) is 0 Å². The van der Waals surface area contributed by atoms with Crippen molar-refractivity contribution in [2.24, 2.45) is 0 Å².